The van der Waals surface area contributed by atoms with Gasteiger partial charge in [-0.3, -0.25) is 0 Å². The van der Waals surface area contributed by atoms with Gasteiger partial charge in [0.05, 0.1) is 5.69 Å². The van der Waals surface area contributed by atoms with E-state index in [0.29, 0.717) is 0 Å². The van der Waals surface area contributed by atoms with E-state index < -0.39 is 0 Å². The lowest BCUT2D eigenvalue weighted by Crippen LogP contribution is -1.93. The average Bonchev–Trinajstić information content (AvgIpc) is 3.11. The van der Waals surface area contributed by atoms with Crippen molar-refractivity contribution in [1.82, 2.24) is 0 Å². The van der Waals surface area contributed by atoms with Gasteiger partial charge in [0.25, 0.3) is 0 Å². The van der Waals surface area contributed by atoms with Gasteiger partial charge in [0.2, 0.25) is 6.23 Å². The minimum absolute atomic E-state index is 0.163. The standard InChI is InChI=1S/C13H11NO2/c15-12-9-5-4-8-11(12)13-14(16-13)10-6-2-1-3-7-10/h1-9,13,15H. The van der Waals surface area contributed by atoms with Crippen LogP contribution in [0, 0.1) is 0 Å². The SMILES string of the molecule is Oc1ccccc1C1ON1c1ccccc1. The first-order valence-corrected chi connectivity index (χ1v) is 5.15. The Hall–Kier alpha value is -2.00. The molecule has 0 bridgehead atoms. The van der Waals surface area contributed by atoms with Crippen LogP contribution in [0.5, 0.6) is 5.75 Å². The van der Waals surface area contributed by atoms with Gasteiger partial charge in [-0.15, -0.1) is 0 Å². The first-order chi connectivity index (χ1) is 7.86. The van der Waals surface area contributed by atoms with E-state index in [4.69, 9.17) is 4.84 Å². The zero-order valence-electron chi connectivity index (χ0n) is 8.58. The molecule has 80 valence electrons. The summed E-state index contributed by atoms with van der Waals surface area (Å²) in [5, 5.41) is 11.5. The van der Waals surface area contributed by atoms with E-state index >= 15 is 0 Å². The van der Waals surface area contributed by atoms with Crippen molar-refractivity contribution in [2.45, 2.75) is 6.23 Å². The number of rotatable bonds is 2. The summed E-state index contributed by atoms with van der Waals surface area (Å²) in [4.78, 5) is 5.44. The van der Waals surface area contributed by atoms with E-state index in [-0.39, 0.29) is 12.0 Å². The predicted molar refractivity (Wildman–Crippen MR) is 60.9 cm³/mol. The normalized spacial score (nSPS) is 18.5. The number of nitrogens with zero attached hydrogens (tertiary/aromatic N) is 1. The fourth-order valence-electron chi connectivity index (χ4n) is 1.73. The number of hydrogen-bond acceptors (Lipinski definition) is 3. The molecule has 3 nitrogen and oxygen atoms in total. The summed E-state index contributed by atoms with van der Waals surface area (Å²) in [6.45, 7) is 0. The highest BCUT2D eigenvalue weighted by molar-refractivity contribution is 5.51. The zero-order valence-corrected chi connectivity index (χ0v) is 8.58. The molecule has 3 rings (SSSR count). The molecule has 1 unspecified atom stereocenters. The third-order valence-corrected chi connectivity index (χ3v) is 2.59. The van der Waals surface area contributed by atoms with Gasteiger partial charge in [0.1, 0.15) is 5.75 Å². The maximum absolute atomic E-state index is 9.68. The largest absolute Gasteiger partial charge is 0.507 e. The molecule has 1 saturated heterocycles. The molecule has 1 heterocycles. The van der Waals surface area contributed by atoms with E-state index in [1.165, 1.54) is 0 Å². The predicted octanol–water partition coefficient (Wildman–Crippen LogP) is 2.84. The van der Waals surface area contributed by atoms with E-state index in [1.807, 2.05) is 42.5 Å². The van der Waals surface area contributed by atoms with Crippen LogP contribution in [0.15, 0.2) is 54.6 Å². The second-order valence-electron chi connectivity index (χ2n) is 3.68. The van der Waals surface area contributed by atoms with Crippen LogP contribution in [0.3, 0.4) is 0 Å². The molecule has 16 heavy (non-hydrogen) atoms. The number of hydrogen-bond donors (Lipinski definition) is 1. The van der Waals surface area contributed by atoms with Crippen molar-refractivity contribution in [1.29, 1.82) is 0 Å². The second kappa shape index (κ2) is 3.54. The molecular formula is C13H11NO2. The lowest BCUT2D eigenvalue weighted by Gasteiger charge is -2.01. The zero-order chi connectivity index (χ0) is 11.0. The first-order valence-electron chi connectivity index (χ1n) is 5.15. The highest BCUT2D eigenvalue weighted by atomic mass is 16.8. The number of hydroxylamine groups is 1. The highest BCUT2D eigenvalue weighted by Gasteiger charge is 2.39. The van der Waals surface area contributed by atoms with Crippen LogP contribution >= 0.6 is 0 Å². The van der Waals surface area contributed by atoms with Gasteiger partial charge in [-0.2, -0.15) is 0 Å². The molecule has 0 saturated carbocycles. The van der Waals surface area contributed by atoms with Gasteiger partial charge in [0.15, 0.2) is 0 Å². The Balaban J connectivity index is 1.85. The number of benzene rings is 2. The molecule has 2 aromatic carbocycles. The summed E-state index contributed by atoms with van der Waals surface area (Å²) in [6, 6.07) is 17.0. The van der Waals surface area contributed by atoms with Crippen molar-refractivity contribution < 1.29 is 9.94 Å². The van der Waals surface area contributed by atoms with Gasteiger partial charge in [0, 0.05) is 5.56 Å². The van der Waals surface area contributed by atoms with Crippen LogP contribution in [-0.4, -0.2) is 5.11 Å². The topological polar surface area (TPSA) is 35.8 Å². The monoisotopic (exact) mass is 213 g/mol. The van der Waals surface area contributed by atoms with Crippen molar-refractivity contribution in [3.63, 3.8) is 0 Å². The van der Waals surface area contributed by atoms with Crippen LogP contribution < -0.4 is 5.06 Å². The van der Waals surface area contributed by atoms with E-state index in [9.17, 15) is 5.11 Å². The number of anilines is 1. The molecular weight excluding hydrogens is 202 g/mol. The van der Waals surface area contributed by atoms with Crippen molar-refractivity contribution in [3.05, 3.63) is 60.2 Å². The Labute approximate surface area is 93.5 Å². The van der Waals surface area contributed by atoms with Crippen molar-refractivity contribution in [2.75, 3.05) is 5.06 Å². The lowest BCUT2D eigenvalue weighted by molar-refractivity contribution is 0.390. The number of phenolic OH excluding ortho intramolecular Hbond substituents is 1. The van der Waals surface area contributed by atoms with Crippen LogP contribution in [-0.2, 0) is 4.84 Å². The minimum Gasteiger partial charge on any atom is -0.507 e. The summed E-state index contributed by atoms with van der Waals surface area (Å²) in [5.41, 5.74) is 1.79. The summed E-state index contributed by atoms with van der Waals surface area (Å²) in [5.74, 6) is 0.269. The molecule has 2 aromatic rings. The Morgan fingerprint density at radius 3 is 2.38 bits per heavy atom. The van der Waals surface area contributed by atoms with Gasteiger partial charge in [-0.05, 0) is 18.2 Å². The van der Waals surface area contributed by atoms with Crippen LogP contribution in [0.1, 0.15) is 11.8 Å². The van der Waals surface area contributed by atoms with E-state index in [1.54, 1.807) is 17.2 Å². The summed E-state index contributed by atoms with van der Waals surface area (Å²) in [6.07, 6.45) is -0.163. The molecule has 1 atom stereocenters. The minimum atomic E-state index is -0.163. The molecule has 0 aliphatic carbocycles. The van der Waals surface area contributed by atoms with Crippen molar-refractivity contribution >= 4 is 5.69 Å². The quantitative estimate of drug-likeness (QED) is 0.779. The smallest absolute Gasteiger partial charge is 0.210 e. The van der Waals surface area contributed by atoms with Crippen LogP contribution in [0.2, 0.25) is 0 Å². The van der Waals surface area contributed by atoms with Gasteiger partial charge >= 0.3 is 0 Å². The third kappa shape index (κ3) is 1.51. The van der Waals surface area contributed by atoms with E-state index in [2.05, 4.69) is 0 Å². The summed E-state index contributed by atoms with van der Waals surface area (Å²) >= 11 is 0. The fraction of sp³-hybridized carbons (Fsp3) is 0.0769. The van der Waals surface area contributed by atoms with Gasteiger partial charge in [-0.1, -0.05) is 36.4 Å². The molecule has 3 heteroatoms. The molecule has 0 aromatic heterocycles. The number of aromatic hydroxyl groups is 1. The average molecular weight is 213 g/mol. The van der Waals surface area contributed by atoms with Crippen LogP contribution in [0.4, 0.5) is 5.69 Å². The van der Waals surface area contributed by atoms with Crippen LogP contribution in [0.25, 0.3) is 0 Å². The Bertz CT molecular complexity index is 498. The molecule has 0 spiro atoms. The highest BCUT2D eigenvalue weighted by Crippen LogP contribution is 2.44. The Kier molecular flexibility index (Phi) is 2.04. The Morgan fingerprint density at radius 2 is 1.62 bits per heavy atom. The molecule has 0 amide bonds. The molecule has 1 aliphatic heterocycles. The third-order valence-electron chi connectivity index (χ3n) is 2.59. The summed E-state index contributed by atoms with van der Waals surface area (Å²) in [7, 11) is 0. The molecule has 0 radical (unpaired) electrons. The maximum atomic E-state index is 9.68. The Morgan fingerprint density at radius 1 is 0.938 bits per heavy atom. The molecule has 1 N–H and O–H groups in total. The van der Waals surface area contributed by atoms with Gasteiger partial charge < -0.3 is 5.11 Å². The maximum Gasteiger partial charge on any atom is 0.210 e. The number of para-hydroxylation sites is 2. The lowest BCUT2D eigenvalue weighted by atomic mass is 10.2. The first kappa shape index (κ1) is 9.24. The fourth-order valence-corrected chi connectivity index (χ4v) is 1.73. The molecule has 1 aliphatic rings. The number of phenols is 1. The van der Waals surface area contributed by atoms with Crippen molar-refractivity contribution in [2.24, 2.45) is 0 Å². The van der Waals surface area contributed by atoms with Gasteiger partial charge in [-0.25, -0.2) is 9.90 Å². The van der Waals surface area contributed by atoms with E-state index in [0.717, 1.165) is 11.3 Å². The second-order valence-corrected chi connectivity index (χ2v) is 3.68. The molecule has 1 fully saturated rings. The summed E-state index contributed by atoms with van der Waals surface area (Å²) < 4.78 is 0. The van der Waals surface area contributed by atoms with Crippen molar-refractivity contribution in [3.8, 4) is 5.75 Å².